The summed E-state index contributed by atoms with van der Waals surface area (Å²) >= 11 is 0. The summed E-state index contributed by atoms with van der Waals surface area (Å²) in [6.07, 6.45) is 0. The zero-order valence-corrected chi connectivity index (χ0v) is 40.5. The molecular formula is C69H44N4O2. The topological polar surface area (TPSA) is 77.0 Å². The van der Waals surface area contributed by atoms with Gasteiger partial charge in [-0.1, -0.05) is 194 Å². The molecule has 0 radical (unpaired) electrons. The number of rotatable bonds is 9. The number of hydrogen-bond acceptors (Lipinski definition) is 5. The van der Waals surface area contributed by atoms with Crippen LogP contribution in [0.3, 0.4) is 0 Å². The number of furan rings is 1. The third-order valence-electron chi connectivity index (χ3n) is 14.4. The van der Waals surface area contributed by atoms with Crippen LogP contribution in [-0.2, 0) is 0 Å². The van der Waals surface area contributed by atoms with Crippen LogP contribution in [-0.4, -0.2) is 24.6 Å². The van der Waals surface area contributed by atoms with E-state index in [-0.39, 0.29) is 5.75 Å². The van der Waals surface area contributed by atoms with E-state index in [1.54, 1.807) is 6.07 Å². The van der Waals surface area contributed by atoms with Gasteiger partial charge in [-0.15, -0.1) is 0 Å². The fourth-order valence-corrected chi connectivity index (χ4v) is 10.7. The highest BCUT2D eigenvalue weighted by molar-refractivity contribution is 6.13. The van der Waals surface area contributed by atoms with Gasteiger partial charge in [0, 0.05) is 54.9 Å². The molecule has 0 amide bonds. The molecule has 14 rings (SSSR count). The van der Waals surface area contributed by atoms with Crippen LogP contribution < -0.4 is 0 Å². The Hall–Kier alpha value is -10.2. The van der Waals surface area contributed by atoms with Crippen molar-refractivity contribution in [3.63, 3.8) is 0 Å². The van der Waals surface area contributed by atoms with E-state index in [0.717, 1.165) is 116 Å². The lowest BCUT2D eigenvalue weighted by Gasteiger charge is -2.21. The number of para-hydroxylation sites is 1. The molecule has 0 saturated heterocycles. The van der Waals surface area contributed by atoms with Crippen LogP contribution >= 0.6 is 0 Å². The molecule has 0 fully saturated rings. The Morgan fingerprint density at radius 1 is 0.280 bits per heavy atom. The molecule has 14 aromatic rings. The molecule has 11 aromatic carbocycles. The van der Waals surface area contributed by atoms with E-state index in [0.29, 0.717) is 23.0 Å². The minimum atomic E-state index is 0.131. The SMILES string of the molecule is Oc1cc(-c2nc(-c3cc(-c4ccccc4)c(-n4c5ccc(-c6ccccc6)cc5c5cc(-c6ccccc6)ccc54)c(-c4ccccc4)c3)nc(-c3ccc4c(c3)oc3ccccc34)n2)ccc1-c1ccccc1. The summed E-state index contributed by atoms with van der Waals surface area (Å²) in [6, 6.07) is 90.3. The molecule has 6 nitrogen and oxygen atoms in total. The molecule has 6 heteroatoms. The van der Waals surface area contributed by atoms with Crippen LogP contribution in [0.15, 0.2) is 265 Å². The summed E-state index contributed by atoms with van der Waals surface area (Å²) in [6.45, 7) is 0. The Bertz CT molecular complexity index is 4300. The summed E-state index contributed by atoms with van der Waals surface area (Å²) in [7, 11) is 0. The number of benzene rings is 11. The van der Waals surface area contributed by atoms with Gasteiger partial charge in [0.15, 0.2) is 17.5 Å². The molecule has 3 heterocycles. The molecule has 0 aliphatic rings. The van der Waals surface area contributed by atoms with E-state index in [9.17, 15) is 5.11 Å². The van der Waals surface area contributed by atoms with E-state index < -0.39 is 0 Å². The summed E-state index contributed by atoms with van der Waals surface area (Å²) in [5, 5.41) is 16.0. The average Bonchev–Trinajstić information content (AvgIpc) is 4.05. The van der Waals surface area contributed by atoms with Crippen molar-refractivity contribution in [2.45, 2.75) is 0 Å². The minimum absolute atomic E-state index is 0.131. The van der Waals surface area contributed by atoms with E-state index in [2.05, 4.69) is 187 Å². The second-order valence-corrected chi connectivity index (χ2v) is 18.9. The van der Waals surface area contributed by atoms with Crippen molar-refractivity contribution in [2.24, 2.45) is 0 Å². The van der Waals surface area contributed by atoms with Gasteiger partial charge >= 0.3 is 0 Å². The first-order valence-electron chi connectivity index (χ1n) is 25.1. The van der Waals surface area contributed by atoms with Gasteiger partial charge in [-0.3, -0.25) is 0 Å². The van der Waals surface area contributed by atoms with Crippen molar-refractivity contribution < 1.29 is 9.52 Å². The largest absolute Gasteiger partial charge is 0.507 e. The first kappa shape index (κ1) is 43.6. The van der Waals surface area contributed by atoms with Gasteiger partial charge in [0.25, 0.3) is 0 Å². The molecule has 3 aromatic heterocycles. The molecular weight excluding hydrogens is 917 g/mol. The van der Waals surface area contributed by atoms with Crippen molar-refractivity contribution >= 4 is 43.7 Å². The second-order valence-electron chi connectivity index (χ2n) is 18.9. The lowest BCUT2D eigenvalue weighted by atomic mass is 9.92. The molecule has 0 unspecified atom stereocenters. The Morgan fingerprint density at radius 2 is 0.693 bits per heavy atom. The van der Waals surface area contributed by atoms with Gasteiger partial charge in [0.05, 0.1) is 16.7 Å². The van der Waals surface area contributed by atoms with Crippen molar-refractivity contribution in [3.05, 3.63) is 261 Å². The molecule has 0 aliphatic carbocycles. The molecule has 0 spiro atoms. The van der Waals surface area contributed by atoms with E-state index in [4.69, 9.17) is 19.4 Å². The van der Waals surface area contributed by atoms with Crippen molar-refractivity contribution in [2.75, 3.05) is 0 Å². The number of fused-ring (bicyclic) bond motifs is 6. The smallest absolute Gasteiger partial charge is 0.164 e. The molecule has 0 bridgehead atoms. The van der Waals surface area contributed by atoms with Crippen molar-refractivity contribution in [1.29, 1.82) is 0 Å². The molecule has 0 saturated carbocycles. The number of phenols is 1. The van der Waals surface area contributed by atoms with Gasteiger partial charge in [-0.05, 0) is 106 Å². The third-order valence-corrected chi connectivity index (χ3v) is 14.4. The lowest BCUT2D eigenvalue weighted by molar-refractivity contribution is 0.477. The monoisotopic (exact) mass is 960 g/mol. The van der Waals surface area contributed by atoms with E-state index in [1.165, 1.54) is 0 Å². The van der Waals surface area contributed by atoms with Crippen LogP contribution in [0, 0.1) is 0 Å². The number of phenolic OH excluding ortho intramolecular Hbond substituents is 1. The molecule has 1 N–H and O–H groups in total. The number of aromatic hydroxyl groups is 1. The fourth-order valence-electron chi connectivity index (χ4n) is 10.7. The summed E-state index contributed by atoms with van der Waals surface area (Å²) in [5.74, 6) is 1.51. The summed E-state index contributed by atoms with van der Waals surface area (Å²) in [5.41, 5.74) is 17.3. The first-order valence-corrected chi connectivity index (χ1v) is 25.1. The Kier molecular flexibility index (Phi) is 10.6. The predicted molar refractivity (Wildman–Crippen MR) is 307 cm³/mol. The maximum atomic E-state index is 11.6. The first-order chi connectivity index (χ1) is 37.1. The molecule has 352 valence electrons. The van der Waals surface area contributed by atoms with Crippen LogP contribution in [0.5, 0.6) is 5.75 Å². The average molecular weight is 961 g/mol. The summed E-state index contributed by atoms with van der Waals surface area (Å²) in [4.78, 5) is 15.8. The van der Waals surface area contributed by atoms with Crippen molar-refractivity contribution in [3.8, 4) is 101 Å². The Balaban J connectivity index is 1.04. The van der Waals surface area contributed by atoms with Gasteiger partial charge in [0.2, 0.25) is 0 Å². The zero-order chi connectivity index (χ0) is 49.8. The van der Waals surface area contributed by atoms with Gasteiger partial charge in [0.1, 0.15) is 16.9 Å². The quantitative estimate of drug-likeness (QED) is 0.156. The van der Waals surface area contributed by atoms with Gasteiger partial charge in [-0.2, -0.15) is 0 Å². The predicted octanol–water partition coefficient (Wildman–Crippen LogP) is 17.9. The van der Waals surface area contributed by atoms with Crippen molar-refractivity contribution in [1.82, 2.24) is 19.5 Å². The van der Waals surface area contributed by atoms with E-state index in [1.807, 2.05) is 72.8 Å². The summed E-state index contributed by atoms with van der Waals surface area (Å²) < 4.78 is 8.86. The molecule has 0 aliphatic heterocycles. The normalized spacial score (nSPS) is 11.5. The Labute approximate surface area is 432 Å². The molecule has 75 heavy (non-hydrogen) atoms. The molecule has 0 atom stereocenters. The fraction of sp³-hybridized carbons (Fsp3) is 0. The highest BCUT2D eigenvalue weighted by Gasteiger charge is 2.24. The highest BCUT2D eigenvalue weighted by Crippen LogP contribution is 2.46. The Morgan fingerprint density at radius 3 is 1.21 bits per heavy atom. The zero-order valence-electron chi connectivity index (χ0n) is 40.5. The standard InChI is InChI=1S/C69H44N4O2/c74-63-42-51(30-34-54(63)46-22-10-3-11-23-46)67-70-68(52-31-35-56-55-28-16-17-29-64(55)75-65(56)43-52)72-69(71-67)53-40-57(47-24-12-4-13-25-47)66(58(41-53)48-26-14-5-15-27-48)73-61-36-32-49(44-18-6-1-7-19-44)38-59(61)60-39-50(33-37-62(60)73)45-20-8-2-9-21-45/h1-43,74H. The maximum absolute atomic E-state index is 11.6. The van der Waals surface area contributed by atoms with Crippen LogP contribution in [0.2, 0.25) is 0 Å². The number of aromatic nitrogens is 4. The van der Waals surface area contributed by atoms with Crippen LogP contribution in [0.25, 0.3) is 139 Å². The maximum Gasteiger partial charge on any atom is 0.164 e. The number of nitrogens with zero attached hydrogens (tertiary/aromatic N) is 4. The highest BCUT2D eigenvalue weighted by atomic mass is 16.3. The van der Waals surface area contributed by atoms with Gasteiger partial charge in [-0.25, -0.2) is 15.0 Å². The number of hydrogen-bond donors (Lipinski definition) is 1. The van der Waals surface area contributed by atoms with Crippen LogP contribution in [0.1, 0.15) is 0 Å². The second kappa shape index (κ2) is 18.1. The third kappa shape index (κ3) is 7.80. The minimum Gasteiger partial charge on any atom is -0.507 e. The van der Waals surface area contributed by atoms with Gasteiger partial charge < -0.3 is 14.1 Å². The van der Waals surface area contributed by atoms with Crippen LogP contribution in [0.4, 0.5) is 0 Å². The lowest BCUT2D eigenvalue weighted by Crippen LogP contribution is -2.04. The van der Waals surface area contributed by atoms with E-state index >= 15 is 0 Å².